The summed E-state index contributed by atoms with van der Waals surface area (Å²) in [6.07, 6.45) is 1.82. The highest BCUT2D eigenvalue weighted by Crippen LogP contribution is 2.16. The zero-order valence-corrected chi connectivity index (χ0v) is 13.2. The molecule has 21 heavy (non-hydrogen) atoms. The molecule has 0 aliphatic rings. The molecule has 0 unspecified atom stereocenters. The molecule has 0 saturated carbocycles. The molecule has 0 fully saturated rings. The second-order valence-electron chi connectivity index (χ2n) is 5.93. The number of aromatic nitrogens is 2. The lowest BCUT2D eigenvalue weighted by Crippen LogP contribution is -2.25. The van der Waals surface area contributed by atoms with Crippen molar-refractivity contribution in [3.8, 4) is 0 Å². The molecule has 0 aliphatic carbocycles. The van der Waals surface area contributed by atoms with E-state index in [2.05, 4.69) is 25.5 Å². The Bertz CT molecular complexity index is 638. The minimum atomic E-state index is -0.0667. The van der Waals surface area contributed by atoms with Crippen molar-refractivity contribution in [2.75, 3.05) is 5.73 Å². The summed E-state index contributed by atoms with van der Waals surface area (Å²) in [7, 11) is 0. The zero-order valence-electron chi connectivity index (χ0n) is 13.2. The van der Waals surface area contributed by atoms with Crippen LogP contribution in [-0.2, 0) is 19.5 Å². The van der Waals surface area contributed by atoms with E-state index in [0.29, 0.717) is 18.2 Å². The number of nitrogen functional groups attached to an aromatic ring is 1. The van der Waals surface area contributed by atoms with Crippen LogP contribution in [0.5, 0.6) is 0 Å². The van der Waals surface area contributed by atoms with Gasteiger partial charge in [-0.3, -0.25) is 9.48 Å². The molecule has 1 aromatic heterocycles. The first-order chi connectivity index (χ1) is 10.0. The van der Waals surface area contributed by atoms with Gasteiger partial charge in [-0.05, 0) is 24.3 Å². The van der Waals surface area contributed by atoms with Crippen molar-refractivity contribution in [2.45, 2.75) is 46.7 Å². The van der Waals surface area contributed by atoms with Crippen molar-refractivity contribution in [2.24, 2.45) is 5.92 Å². The molecule has 4 nitrogen and oxygen atoms in total. The van der Waals surface area contributed by atoms with Crippen LogP contribution in [0.4, 0.5) is 5.69 Å². The van der Waals surface area contributed by atoms with Crippen LogP contribution in [0, 0.1) is 5.92 Å². The lowest BCUT2D eigenvalue weighted by atomic mass is 10.1. The first kappa shape index (κ1) is 15.4. The molecule has 0 bridgehead atoms. The molecule has 0 spiro atoms. The molecule has 0 amide bonds. The molecule has 114 valence electrons. The molecular weight excluding hydrogens is 262 g/mol. The minimum Gasteiger partial charge on any atom is -0.393 e. The molecule has 4 heteroatoms. The van der Waals surface area contributed by atoms with E-state index in [1.54, 1.807) is 4.68 Å². The Morgan fingerprint density at radius 3 is 2.38 bits per heavy atom. The van der Waals surface area contributed by atoms with Gasteiger partial charge in [0, 0.05) is 6.54 Å². The Balaban J connectivity index is 2.46. The van der Waals surface area contributed by atoms with E-state index in [1.165, 1.54) is 0 Å². The van der Waals surface area contributed by atoms with E-state index < -0.39 is 0 Å². The Morgan fingerprint density at radius 1 is 1.14 bits per heavy atom. The minimum absolute atomic E-state index is 0.0667. The summed E-state index contributed by atoms with van der Waals surface area (Å²) in [6.45, 7) is 7.81. The van der Waals surface area contributed by atoms with Gasteiger partial charge in [-0.1, -0.05) is 51.1 Å². The maximum Gasteiger partial charge on any atom is 0.290 e. The number of rotatable bonds is 6. The van der Waals surface area contributed by atoms with Crippen molar-refractivity contribution in [3.05, 3.63) is 51.9 Å². The quantitative estimate of drug-likeness (QED) is 0.888. The van der Waals surface area contributed by atoms with Gasteiger partial charge in [-0.2, -0.15) is 0 Å². The summed E-state index contributed by atoms with van der Waals surface area (Å²) < 4.78 is 3.86. The highest BCUT2D eigenvalue weighted by atomic mass is 16.1. The summed E-state index contributed by atoms with van der Waals surface area (Å²) in [5, 5.41) is 0. The number of anilines is 1. The number of benzene rings is 1. The Kier molecular flexibility index (Phi) is 4.89. The van der Waals surface area contributed by atoms with Crippen LogP contribution in [-0.4, -0.2) is 9.36 Å². The molecule has 2 aromatic rings. The van der Waals surface area contributed by atoms with Gasteiger partial charge in [-0.15, -0.1) is 0 Å². The second kappa shape index (κ2) is 6.66. The van der Waals surface area contributed by atoms with Gasteiger partial charge >= 0.3 is 0 Å². The van der Waals surface area contributed by atoms with Crippen molar-refractivity contribution in [3.63, 3.8) is 0 Å². The van der Waals surface area contributed by atoms with Gasteiger partial charge in [0.05, 0.1) is 12.2 Å². The fourth-order valence-electron chi connectivity index (χ4n) is 2.64. The number of nitrogens with zero attached hydrogens (tertiary/aromatic N) is 2. The lowest BCUT2D eigenvalue weighted by molar-refractivity contribution is 0.440. The number of hydrogen-bond donors (Lipinski definition) is 1. The van der Waals surface area contributed by atoms with Gasteiger partial charge in [0.25, 0.3) is 5.56 Å². The largest absolute Gasteiger partial charge is 0.393 e. The summed E-state index contributed by atoms with van der Waals surface area (Å²) in [5.74, 6) is 0.474. The third-order valence-corrected chi connectivity index (χ3v) is 3.59. The van der Waals surface area contributed by atoms with Crippen LogP contribution in [0.15, 0.2) is 35.1 Å². The van der Waals surface area contributed by atoms with Crippen LogP contribution >= 0.6 is 0 Å². The summed E-state index contributed by atoms with van der Waals surface area (Å²) in [6, 6.07) is 10.0. The lowest BCUT2D eigenvalue weighted by Gasteiger charge is -2.15. The van der Waals surface area contributed by atoms with E-state index in [9.17, 15) is 4.79 Å². The first-order valence-corrected chi connectivity index (χ1v) is 7.66. The molecule has 1 heterocycles. The summed E-state index contributed by atoms with van der Waals surface area (Å²) >= 11 is 0. The van der Waals surface area contributed by atoms with Gasteiger partial charge < -0.3 is 5.73 Å². The zero-order chi connectivity index (χ0) is 15.4. The maximum atomic E-state index is 12.5. The third-order valence-electron chi connectivity index (χ3n) is 3.59. The average molecular weight is 287 g/mol. The highest BCUT2D eigenvalue weighted by Gasteiger charge is 2.18. The average Bonchev–Trinajstić information content (AvgIpc) is 2.66. The highest BCUT2D eigenvalue weighted by molar-refractivity contribution is 5.42. The van der Waals surface area contributed by atoms with Gasteiger partial charge in [0.1, 0.15) is 5.69 Å². The molecule has 0 radical (unpaired) electrons. The van der Waals surface area contributed by atoms with E-state index in [4.69, 9.17) is 5.73 Å². The molecule has 1 aromatic carbocycles. The van der Waals surface area contributed by atoms with Crippen LogP contribution in [0.3, 0.4) is 0 Å². The standard InChI is InChI=1S/C17H25N3O/c1-4-10-19-15(11-13(2)3)16(18)17(21)20(19)12-14-8-6-5-7-9-14/h5-9,13H,4,10-12,18H2,1-3H3. The number of nitrogens with two attached hydrogens (primary N) is 1. The van der Waals surface area contributed by atoms with Crippen molar-refractivity contribution in [1.82, 2.24) is 9.36 Å². The molecular formula is C17H25N3O. The van der Waals surface area contributed by atoms with Gasteiger partial charge in [0.2, 0.25) is 0 Å². The van der Waals surface area contributed by atoms with E-state index in [0.717, 1.165) is 30.6 Å². The van der Waals surface area contributed by atoms with E-state index >= 15 is 0 Å². The fraction of sp³-hybridized carbons (Fsp3) is 0.471. The van der Waals surface area contributed by atoms with Crippen LogP contribution in [0.2, 0.25) is 0 Å². The summed E-state index contributed by atoms with van der Waals surface area (Å²) in [4.78, 5) is 12.5. The van der Waals surface area contributed by atoms with Crippen molar-refractivity contribution in [1.29, 1.82) is 0 Å². The second-order valence-corrected chi connectivity index (χ2v) is 5.93. The fourth-order valence-corrected chi connectivity index (χ4v) is 2.64. The van der Waals surface area contributed by atoms with E-state index in [-0.39, 0.29) is 5.56 Å². The third kappa shape index (κ3) is 3.38. The predicted octanol–water partition coefficient (Wildman–Crippen LogP) is 2.89. The van der Waals surface area contributed by atoms with Crippen LogP contribution in [0.1, 0.15) is 38.4 Å². The Labute approximate surface area is 126 Å². The van der Waals surface area contributed by atoms with Gasteiger partial charge in [-0.25, -0.2) is 4.68 Å². The predicted molar refractivity (Wildman–Crippen MR) is 87.5 cm³/mol. The smallest absolute Gasteiger partial charge is 0.290 e. The molecule has 2 rings (SSSR count). The molecule has 2 N–H and O–H groups in total. The molecule has 0 atom stereocenters. The van der Waals surface area contributed by atoms with Crippen molar-refractivity contribution >= 4 is 5.69 Å². The van der Waals surface area contributed by atoms with Crippen LogP contribution < -0.4 is 11.3 Å². The van der Waals surface area contributed by atoms with Crippen molar-refractivity contribution < 1.29 is 0 Å². The van der Waals surface area contributed by atoms with Crippen LogP contribution in [0.25, 0.3) is 0 Å². The summed E-state index contributed by atoms with van der Waals surface area (Å²) in [5.41, 5.74) is 8.52. The topological polar surface area (TPSA) is 52.9 Å². The first-order valence-electron chi connectivity index (χ1n) is 7.66. The SMILES string of the molecule is CCCn1c(CC(C)C)c(N)c(=O)n1Cc1ccccc1. The van der Waals surface area contributed by atoms with E-state index in [1.807, 2.05) is 30.3 Å². The monoisotopic (exact) mass is 287 g/mol. The number of hydrogen-bond acceptors (Lipinski definition) is 2. The Morgan fingerprint density at radius 2 is 1.81 bits per heavy atom. The van der Waals surface area contributed by atoms with Gasteiger partial charge in [0.15, 0.2) is 0 Å². The molecule has 0 saturated heterocycles. The normalized spacial score (nSPS) is 11.2. The Hall–Kier alpha value is -1.97. The molecule has 0 aliphatic heterocycles. The maximum absolute atomic E-state index is 12.5.